The van der Waals surface area contributed by atoms with Crippen LogP contribution >= 0.6 is 0 Å². The molecular formula is C12H26N4O2. The van der Waals surface area contributed by atoms with Crippen molar-refractivity contribution in [3.05, 3.63) is 0 Å². The van der Waals surface area contributed by atoms with Crippen molar-refractivity contribution in [3.8, 4) is 0 Å². The first-order valence-electron chi connectivity index (χ1n) is 6.45. The first-order chi connectivity index (χ1) is 8.54. The highest BCUT2D eigenvalue weighted by Gasteiger charge is 2.24. The average Bonchev–Trinajstić information content (AvgIpc) is 2.36. The van der Waals surface area contributed by atoms with Gasteiger partial charge in [-0.05, 0) is 14.1 Å². The summed E-state index contributed by atoms with van der Waals surface area (Å²) in [5.41, 5.74) is 5.76. The summed E-state index contributed by atoms with van der Waals surface area (Å²) in [6.45, 7) is 5.79. The molecule has 0 aromatic carbocycles. The number of rotatable bonds is 6. The predicted octanol–water partition coefficient (Wildman–Crippen LogP) is -1.33. The van der Waals surface area contributed by atoms with Gasteiger partial charge in [-0.3, -0.25) is 9.69 Å². The maximum atomic E-state index is 12.0. The molecule has 1 unspecified atom stereocenters. The van der Waals surface area contributed by atoms with E-state index in [0.29, 0.717) is 6.61 Å². The predicted molar refractivity (Wildman–Crippen MR) is 71.4 cm³/mol. The molecule has 0 aliphatic carbocycles. The lowest BCUT2D eigenvalue weighted by Gasteiger charge is -2.36. The van der Waals surface area contributed by atoms with Crippen LogP contribution in [-0.4, -0.2) is 93.7 Å². The van der Waals surface area contributed by atoms with Gasteiger partial charge in [0.25, 0.3) is 0 Å². The van der Waals surface area contributed by atoms with Gasteiger partial charge in [0.05, 0.1) is 6.61 Å². The Morgan fingerprint density at radius 2 is 1.94 bits per heavy atom. The largest absolute Gasteiger partial charge is 0.383 e. The summed E-state index contributed by atoms with van der Waals surface area (Å²) in [7, 11) is 5.71. The van der Waals surface area contributed by atoms with Gasteiger partial charge in [0, 0.05) is 46.4 Å². The Labute approximate surface area is 110 Å². The minimum atomic E-state index is -0.525. The molecule has 0 aromatic heterocycles. The van der Waals surface area contributed by atoms with Gasteiger partial charge in [0.15, 0.2) is 0 Å². The molecule has 0 aromatic rings. The van der Waals surface area contributed by atoms with Gasteiger partial charge >= 0.3 is 0 Å². The zero-order valence-corrected chi connectivity index (χ0v) is 11.8. The third kappa shape index (κ3) is 4.89. The maximum Gasteiger partial charge on any atom is 0.241 e. The summed E-state index contributed by atoms with van der Waals surface area (Å²) >= 11 is 0. The van der Waals surface area contributed by atoms with E-state index in [2.05, 4.69) is 23.9 Å². The van der Waals surface area contributed by atoms with E-state index in [-0.39, 0.29) is 5.91 Å². The number of nitrogens with zero attached hydrogens (tertiary/aromatic N) is 3. The Morgan fingerprint density at radius 3 is 2.44 bits per heavy atom. The average molecular weight is 258 g/mol. The van der Waals surface area contributed by atoms with Crippen LogP contribution in [0.2, 0.25) is 0 Å². The normalized spacial score (nSPS) is 19.3. The molecule has 6 nitrogen and oxygen atoms in total. The van der Waals surface area contributed by atoms with E-state index in [4.69, 9.17) is 10.5 Å². The van der Waals surface area contributed by atoms with Crippen LogP contribution in [0, 0.1) is 0 Å². The highest BCUT2D eigenvalue weighted by molar-refractivity contribution is 5.81. The topological polar surface area (TPSA) is 62.0 Å². The standard InChI is InChI=1S/C12H26N4O2/c1-14(2)4-5-15-6-8-16(9-7-15)12(17)11(13)10-18-3/h11H,4-10,13H2,1-3H3. The van der Waals surface area contributed by atoms with Crippen LogP contribution in [0.25, 0.3) is 0 Å². The number of likely N-dealkylation sites (N-methyl/N-ethyl adjacent to an activating group) is 1. The second-order valence-electron chi connectivity index (χ2n) is 5.03. The smallest absolute Gasteiger partial charge is 0.241 e. The summed E-state index contributed by atoms with van der Waals surface area (Å²) in [6, 6.07) is -0.525. The molecule has 1 heterocycles. The van der Waals surface area contributed by atoms with Gasteiger partial charge in [-0.25, -0.2) is 0 Å². The zero-order valence-electron chi connectivity index (χ0n) is 11.8. The van der Waals surface area contributed by atoms with Crippen molar-refractivity contribution in [3.63, 3.8) is 0 Å². The van der Waals surface area contributed by atoms with Crippen molar-refractivity contribution in [2.24, 2.45) is 5.73 Å². The van der Waals surface area contributed by atoms with Crippen LogP contribution in [0.5, 0.6) is 0 Å². The number of piperazine rings is 1. The van der Waals surface area contributed by atoms with Gasteiger partial charge in [-0.1, -0.05) is 0 Å². The molecule has 106 valence electrons. The molecule has 1 aliphatic heterocycles. The second kappa shape index (κ2) is 7.68. The fraction of sp³-hybridized carbons (Fsp3) is 0.917. The fourth-order valence-corrected chi connectivity index (χ4v) is 2.02. The number of carbonyl (C=O) groups is 1. The van der Waals surface area contributed by atoms with Gasteiger partial charge in [0.1, 0.15) is 6.04 Å². The molecule has 1 rings (SSSR count). The van der Waals surface area contributed by atoms with Crippen LogP contribution in [0.15, 0.2) is 0 Å². The summed E-state index contributed by atoms with van der Waals surface area (Å²) in [5, 5.41) is 0. The minimum Gasteiger partial charge on any atom is -0.383 e. The second-order valence-corrected chi connectivity index (χ2v) is 5.03. The monoisotopic (exact) mass is 258 g/mol. The molecule has 6 heteroatoms. The van der Waals surface area contributed by atoms with E-state index in [1.165, 1.54) is 0 Å². The van der Waals surface area contributed by atoms with Gasteiger partial charge < -0.3 is 20.3 Å². The third-order valence-electron chi connectivity index (χ3n) is 3.21. The molecule has 0 radical (unpaired) electrons. The van der Waals surface area contributed by atoms with Gasteiger partial charge in [-0.15, -0.1) is 0 Å². The summed E-state index contributed by atoms with van der Waals surface area (Å²) < 4.78 is 4.91. The van der Waals surface area contributed by atoms with Crippen molar-refractivity contribution < 1.29 is 9.53 Å². The number of ether oxygens (including phenoxy) is 1. The summed E-state index contributed by atoms with van der Waals surface area (Å²) in [6.07, 6.45) is 0. The Kier molecular flexibility index (Phi) is 6.56. The van der Waals surface area contributed by atoms with Crippen molar-refractivity contribution in [1.29, 1.82) is 0 Å². The zero-order chi connectivity index (χ0) is 13.5. The Hall–Kier alpha value is -0.690. The number of carbonyl (C=O) groups excluding carboxylic acids is 1. The maximum absolute atomic E-state index is 12.0. The lowest BCUT2D eigenvalue weighted by atomic mass is 10.2. The molecule has 1 amide bonds. The SMILES string of the molecule is COCC(N)C(=O)N1CCN(CCN(C)C)CC1. The van der Waals surface area contributed by atoms with E-state index in [1.54, 1.807) is 7.11 Å². The molecule has 1 saturated heterocycles. The minimum absolute atomic E-state index is 0.00381. The Bertz CT molecular complexity index is 252. The number of amides is 1. The van der Waals surface area contributed by atoms with Crippen LogP contribution in [0.1, 0.15) is 0 Å². The first kappa shape index (κ1) is 15.4. The first-order valence-corrected chi connectivity index (χ1v) is 6.45. The summed E-state index contributed by atoms with van der Waals surface area (Å²) in [5.74, 6) is 0.00381. The molecular weight excluding hydrogens is 232 g/mol. The molecule has 1 aliphatic rings. The molecule has 2 N–H and O–H groups in total. The summed E-state index contributed by atoms with van der Waals surface area (Å²) in [4.78, 5) is 18.4. The van der Waals surface area contributed by atoms with E-state index in [0.717, 1.165) is 39.3 Å². The van der Waals surface area contributed by atoms with Crippen molar-refractivity contribution in [1.82, 2.24) is 14.7 Å². The van der Waals surface area contributed by atoms with Crippen LogP contribution < -0.4 is 5.73 Å². The number of nitrogens with two attached hydrogens (primary N) is 1. The Balaban J connectivity index is 2.28. The number of hydrogen-bond donors (Lipinski definition) is 1. The van der Waals surface area contributed by atoms with Crippen molar-refractivity contribution in [2.45, 2.75) is 6.04 Å². The Morgan fingerprint density at radius 1 is 1.33 bits per heavy atom. The van der Waals surface area contributed by atoms with Crippen LogP contribution in [0.3, 0.4) is 0 Å². The lowest BCUT2D eigenvalue weighted by molar-refractivity contribution is -0.135. The lowest BCUT2D eigenvalue weighted by Crippen LogP contribution is -2.54. The van der Waals surface area contributed by atoms with Gasteiger partial charge in [0.2, 0.25) is 5.91 Å². The van der Waals surface area contributed by atoms with Crippen molar-refractivity contribution >= 4 is 5.91 Å². The molecule has 18 heavy (non-hydrogen) atoms. The molecule has 0 saturated carbocycles. The quantitative estimate of drug-likeness (QED) is 0.639. The van der Waals surface area contributed by atoms with E-state index in [1.807, 2.05) is 4.90 Å². The van der Waals surface area contributed by atoms with Crippen molar-refractivity contribution in [2.75, 3.05) is 67.1 Å². The molecule has 1 atom stereocenters. The molecule has 1 fully saturated rings. The molecule has 0 spiro atoms. The number of methoxy groups -OCH3 is 1. The highest BCUT2D eigenvalue weighted by atomic mass is 16.5. The van der Waals surface area contributed by atoms with E-state index in [9.17, 15) is 4.79 Å². The van der Waals surface area contributed by atoms with Crippen LogP contribution in [0.4, 0.5) is 0 Å². The fourth-order valence-electron chi connectivity index (χ4n) is 2.02. The number of hydrogen-bond acceptors (Lipinski definition) is 5. The van der Waals surface area contributed by atoms with Crippen LogP contribution in [-0.2, 0) is 9.53 Å². The molecule has 0 bridgehead atoms. The van der Waals surface area contributed by atoms with E-state index >= 15 is 0 Å². The van der Waals surface area contributed by atoms with E-state index < -0.39 is 6.04 Å². The third-order valence-corrected chi connectivity index (χ3v) is 3.21. The highest BCUT2D eigenvalue weighted by Crippen LogP contribution is 2.03. The van der Waals surface area contributed by atoms with Gasteiger partial charge in [-0.2, -0.15) is 0 Å².